The van der Waals surface area contributed by atoms with E-state index in [0.717, 1.165) is 17.7 Å². The summed E-state index contributed by atoms with van der Waals surface area (Å²) in [5.41, 5.74) is 0.879. The van der Waals surface area contributed by atoms with E-state index in [1.54, 1.807) is 6.07 Å². The Morgan fingerprint density at radius 3 is 2.71 bits per heavy atom. The Bertz CT molecular complexity index is 391. The van der Waals surface area contributed by atoms with Crippen molar-refractivity contribution >= 4 is 18.3 Å². The highest BCUT2D eigenvalue weighted by molar-refractivity contribution is 7.80. The zero-order chi connectivity index (χ0) is 12.8. The maximum Gasteiger partial charge on any atom is 0.269 e. The number of non-ortho nitro benzene ring substituents is 1. The molecule has 0 aliphatic rings. The number of rotatable bonds is 6. The molecule has 0 aromatic heterocycles. The Labute approximate surface area is 107 Å². The molecule has 5 heteroatoms. The molecule has 0 saturated heterocycles. The fraction of sp³-hybridized carbons (Fsp3) is 0.500. The summed E-state index contributed by atoms with van der Waals surface area (Å²) in [7, 11) is 0. The van der Waals surface area contributed by atoms with Crippen molar-refractivity contribution < 1.29 is 9.66 Å². The monoisotopic (exact) mass is 255 g/mol. The lowest BCUT2D eigenvalue weighted by Crippen LogP contribution is -2.13. The first-order valence-corrected chi connectivity index (χ1v) is 6.20. The SMILES string of the molecule is CCC(CS)COc1ccc([N+](=O)[O-])cc1C. The highest BCUT2D eigenvalue weighted by atomic mass is 32.1. The minimum Gasteiger partial charge on any atom is -0.493 e. The summed E-state index contributed by atoms with van der Waals surface area (Å²) in [4.78, 5) is 10.2. The molecule has 0 radical (unpaired) electrons. The van der Waals surface area contributed by atoms with Crippen molar-refractivity contribution in [2.75, 3.05) is 12.4 Å². The fourth-order valence-corrected chi connectivity index (χ4v) is 1.78. The number of benzene rings is 1. The second-order valence-corrected chi connectivity index (χ2v) is 4.34. The van der Waals surface area contributed by atoms with E-state index in [1.807, 2.05) is 6.92 Å². The highest BCUT2D eigenvalue weighted by Crippen LogP contribution is 2.23. The number of nitrogens with zero attached hydrogens (tertiary/aromatic N) is 1. The van der Waals surface area contributed by atoms with Crippen LogP contribution in [0.4, 0.5) is 5.69 Å². The quantitative estimate of drug-likeness (QED) is 0.482. The molecule has 4 nitrogen and oxygen atoms in total. The molecule has 17 heavy (non-hydrogen) atoms. The number of thiol groups is 1. The van der Waals surface area contributed by atoms with Gasteiger partial charge in [-0.3, -0.25) is 10.1 Å². The Balaban J connectivity index is 2.69. The van der Waals surface area contributed by atoms with E-state index in [1.165, 1.54) is 12.1 Å². The van der Waals surface area contributed by atoms with Gasteiger partial charge in [0.2, 0.25) is 0 Å². The number of hydrogen-bond acceptors (Lipinski definition) is 4. The zero-order valence-electron chi connectivity index (χ0n) is 10.0. The summed E-state index contributed by atoms with van der Waals surface area (Å²) < 4.78 is 5.64. The van der Waals surface area contributed by atoms with Gasteiger partial charge in [0.25, 0.3) is 5.69 Å². The maximum atomic E-state index is 10.6. The van der Waals surface area contributed by atoms with Crippen molar-refractivity contribution in [1.29, 1.82) is 0 Å². The molecule has 0 saturated carbocycles. The van der Waals surface area contributed by atoms with Crippen molar-refractivity contribution in [2.45, 2.75) is 20.3 Å². The standard InChI is InChI=1S/C12H17NO3S/c1-3-10(8-17)7-16-12-5-4-11(13(14)15)6-9(12)2/h4-6,10,17H,3,7-8H2,1-2H3. The van der Waals surface area contributed by atoms with Gasteiger partial charge in [-0.1, -0.05) is 6.92 Å². The summed E-state index contributed by atoms with van der Waals surface area (Å²) in [6.45, 7) is 4.50. The van der Waals surface area contributed by atoms with Crippen LogP contribution < -0.4 is 4.74 Å². The van der Waals surface area contributed by atoms with Crippen LogP contribution in [0.15, 0.2) is 18.2 Å². The molecule has 0 heterocycles. The molecular weight excluding hydrogens is 238 g/mol. The van der Waals surface area contributed by atoms with Crippen LogP contribution in [0.2, 0.25) is 0 Å². The predicted molar refractivity (Wildman–Crippen MR) is 71.0 cm³/mol. The first kappa shape index (κ1) is 13.8. The van der Waals surface area contributed by atoms with Gasteiger partial charge >= 0.3 is 0 Å². The second kappa shape index (κ2) is 6.49. The number of ether oxygens (including phenoxy) is 1. The predicted octanol–water partition coefficient (Wildman–Crippen LogP) is 3.24. The Morgan fingerprint density at radius 2 is 2.24 bits per heavy atom. The molecule has 1 rings (SSSR count). The zero-order valence-corrected chi connectivity index (χ0v) is 10.9. The van der Waals surface area contributed by atoms with Crippen LogP contribution in [0, 0.1) is 23.0 Å². The van der Waals surface area contributed by atoms with Crippen molar-refractivity contribution in [3.8, 4) is 5.75 Å². The van der Waals surface area contributed by atoms with Gasteiger partial charge < -0.3 is 4.74 Å². The van der Waals surface area contributed by atoms with Crippen LogP contribution in [-0.2, 0) is 0 Å². The smallest absolute Gasteiger partial charge is 0.269 e. The summed E-state index contributed by atoms with van der Waals surface area (Å²) in [5, 5.41) is 10.6. The second-order valence-electron chi connectivity index (χ2n) is 3.97. The van der Waals surface area contributed by atoms with E-state index in [0.29, 0.717) is 18.3 Å². The van der Waals surface area contributed by atoms with Crippen LogP contribution in [0.3, 0.4) is 0 Å². The van der Waals surface area contributed by atoms with Gasteiger partial charge in [-0.15, -0.1) is 0 Å². The molecule has 0 fully saturated rings. The summed E-state index contributed by atoms with van der Waals surface area (Å²) in [6, 6.07) is 4.64. The van der Waals surface area contributed by atoms with Crippen molar-refractivity contribution in [2.24, 2.45) is 5.92 Å². The normalized spacial score (nSPS) is 12.2. The van der Waals surface area contributed by atoms with Crippen molar-refractivity contribution in [3.05, 3.63) is 33.9 Å². The van der Waals surface area contributed by atoms with Crippen LogP contribution in [0.25, 0.3) is 0 Å². The van der Waals surface area contributed by atoms with E-state index >= 15 is 0 Å². The molecular formula is C12H17NO3S. The lowest BCUT2D eigenvalue weighted by atomic mass is 10.1. The van der Waals surface area contributed by atoms with E-state index in [2.05, 4.69) is 19.6 Å². The van der Waals surface area contributed by atoms with Gasteiger partial charge in [-0.05, 0) is 30.7 Å². The summed E-state index contributed by atoms with van der Waals surface area (Å²) in [6.07, 6.45) is 1.01. The lowest BCUT2D eigenvalue weighted by Gasteiger charge is -2.14. The fourth-order valence-electron chi connectivity index (χ4n) is 1.42. The van der Waals surface area contributed by atoms with E-state index in [9.17, 15) is 10.1 Å². The number of nitro groups is 1. The van der Waals surface area contributed by atoms with Gasteiger partial charge in [0, 0.05) is 18.1 Å². The van der Waals surface area contributed by atoms with Crippen LogP contribution in [0.1, 0.15) is 18.9 Å². The molecule has 0 bridgehead atoms. The van der Waals surface area contributed by atoms with Crippen LogP contribution in [-0.4, -0.2) is 17.3 Å². The third-order valence-corrected chi connectivity index (χ3v) is 3.20. The molecule has 1 atom stereocenters. The third-order valence-electron chi connectivity index (χ3n) is 2.68. The van der Waals surface area contributed by atoms with E-state index in [-0.39, 0.29) is 5.69 Å². The summed E-state index contributed by atoms with van der Waals surface area (Å²) in [5.74, 6) is 1.89. The Morgan fingerprint density at radius 1 is 1.53 bits per heavy atom. The average Bonchev–Trinajstić information content (AvgIpc) is 2.31. The van der Waals surface area contributed by atoms with Crippen LogP contribution in [0.5, 0.6) is 5.75 Å². The van der Waals surface area contributed by atoms with Gasteiger partial charge in [0.15, 0.2) is 0 Å². The van der Waals surface area contributed by atoms with Crippen molar-refractivity contribution in [1.82, 2.24) is 0 Å². The molecule has 0 amide bonds. The van der Waals surface area contributed by atoms with E-state index in [4.69, 9.17) is 4.74 Å². The van der Waals surface area contributed by atoms with Gasteiger partial charge in [-0.25, -0.2) is 0 Å². The van der Waals surface area contributed by atoms with E-state index < -0.39 is 4.92 Å². The van der Waals surface area contributed by atoms with Crippen molar-refractivity contribution in [3.63, 3.8) is 0 Å². The highest BCUT2D eigenvalue weighted by Gasteiger charge is 2.10. The Hall–Kier alpha value is -1.23. The van der Waals surface area contributed by atoms with Gasteiger partial charge in [0.05, 0.1) is 11.5 Å². The minimum atomic E-state index is -0.403. The molecule has 1 unspecified atom stereocenters. The maximum absolute atomic E-state index is 10.6. The molecule has 1 aromatic rings. The molecule has 94 valence electrons. The van der Waals surface area contributed by atoms with Gasteiger partial charge in [0.1, 0.15) is 5.75 Å². The first-order valence-electron chi connectivity index (χ1n) is 5.57. The Kier molecular flexibility index (Phi) is 5.28. The minimum absolute atomic E-state index is 0.0936. The van der Waals surface area contributed by atoms with Crippen LogP contribution >= 0.6 is 12.6 Å². The van der Waals surface area contributed by atoms with Gasteiger partial charge in [-0.2, -0.15) is 12.6 Å². The third kappa shape index (κ3) is 3.93. The lowest BCUT2D eigenvalue weighted by molar-refractivity contribution is -0.384. The topological polar surface area (TPSA) is 52.4 Å². The average molecular weight is 255 g/mol. The number of hydrogen-bond donors (Lipinski definition) is 1. The number of nitro benzene ring substituents is 1. The summed E-state index contributed by atoms with van der Waals surface area (Å²) >= 11 is 4.24. The molecule has 1 aromatic carbocycles. The molecule has 0 aliphatic heterocycles. The first-order chi connectivity index (χ1) is 8.08. The molecule has 0 aliphatic carbocycles. The number of aryl methyl sites for hydroxylation is 1. The largest absolute Gasteiger partial charge is 0.493 e. The molecule has 0 N–H and O–H groups in total. The molecule has 0 spiro atoms.